The summed E-state index contributed by atoms with van der Waals surface area (Å²) in [7, 11) is 0. The second-order valence-corrected chi connectivity index (χ2v) is 10.1. The highest BCUT2D eigenvalue weighted by Gasteiger charge is 2.26. The molecule has 1 atom stereocenters. The second kappa shape index (κ2) is 9.96. The molecule has 0 aliphatic carbocycles. The first kappa shape index (κ1) is 22.7. The highest BCUT2D eigenvalue weighted by atomic mass is 32.1. The third kappa shape index (κ3) is 5.45. The Morgan fingerprint density at radius 2 is 1.91 bits per heavy atom. The molecule has 0 bridgehead atoms. The van der Waals surface area contributed by atoms with Gasteiger partial charge in [0.2, 0.25) is 0 Å². The Morgan fingerprint density at radius 1 is 1.12 bits per heavy atom. The quantitative estimate of drug-likeness (QED) is 0.573. The van der Waals surface area contributed by atoms with Crippen LogP contribution in [0.4, 0.5) is 0 Å². The van der Waals surface area contributed by atoms with Gasteiger partial charge in [-0.2, -0.15) is 11.3 Å². The monoisotopic (exact) mass is 451 g/mol. The van der Waals surface area contributed by atoms with Crippen LogP contribution >= 0.6 is 11.3 Å². The van der Waals surface area contributed by atoms with Crippen molar-refractivity contribution in [3.05, 3.63) is 68.9 Å². The van der Waals surface area contributed by atoms with Gasteiger partial charge in [-0.15, -0.1) is 10.2 Å². The van der Waals surface area contributed by atoms with Gasteiger partial charge in [0.05, 0.1) is 6.04 Å². The summed E-state index contributed by atoms with van der Waals surface area (Å²) < 4.78 is 2.24. The van der Waals surface area contributed by atoms with Gasteiger partial charge in [-0.25, -0.2) is 0 Å². The Balaban J connectivity index is 1.52. The van der Waals surface area contributed by atoms with Crippen molar-refractivity contribution >= 4 is 17.2 Å². The van der Waals surface area contributed by atoms with E-state index >= 15 is 0 Å². The van der Waals surface area contributed by atoms with Crippen LogP contribution < -0.4 is 5.32 Å². The maximum Gasteiger partial charge on any atom is 0.251 e. The van der Waals surface area contributed by atoms with Gasteiger partial charge in [-0.1, -0.05) is 31.0 Å². The number of carbonyl (C=O) groups excluding carboxylic acids is 1. The van der Waals surface area contributed by atoms with E-state index in [4.69, 9.17) is 0 Å². The van der Waals surface area contributed by atoms with Crippen molar-refractivity contribution in [1.29, 1.82) is 0 Å². The first-order valence-electron chi connectivity index (χ1n) is 11.4. The number of aryl methyl sites for hydroxylation is 2. The number of hydrogen-bond donors (Lipinski definition) is 1. The predicted octanol–water partition coefficient (Wildman–Crippen LogP) is 4.53. The number of hydrogen-bond acceptors (Lipinski definition) is 5. The van der Waals surface area contributed by atoms with E-state index in [0.29, 0.717) is 11.5 Å². The standard InChI is InChI=1S/C25H33N5OS/c1-17(2)11-22(26-25(31)21-13-18(3)12-19(4)14-21)24-28-27-23-5-7-29(8-9-30(23)24)15-20-6-10-32-16-20/h6,10,12-14,16-17,22H,5,7-9,11,15H2,1-4H3,(H,26,31)/t22-/m0/s1. The number of aromatic nitrogens is 3. The highest BCUT2D eigenvalue weighted by molar-refractivity contribution is 7.07. The third-order valence-electron chi connectivity index (χ3n) is 5.94. The van der Waals surface area contributed by atoms with Crippen molar-refractivity contribution in [1.82, 2.24) is 25.0 Å². The van der Waals surface area contributed by atoms with E-state index in [-0.39, 0.29) is 11.9 Å². The smallest absolute Gasteiger partial charge is 0.251 e. The van der Waals surface area contributed by atoms with Crippen molar-refractivity contribution in [2.75, 3.05) is 13.1 Å². The van der Waals surface area contributed by atoms with Gasteiger partial charge in [0, 0.05) is 38.2 Å². The highest BCUT2D eigenvalue weighted by Crippen LogP contribution is 2.24. The molecule has 3 heterocycles. The Labute approximate surface area is 194 Å². The van der Waals surface area contributed by atoms with E-state index in [1.54, 1.807) is 11.3 Å². The number of amides is 1. The molecule has 6 nitrogen and oxygen atoms in total. The molecule has 32 heavy (non-hydrogen) atoms. The van der Waals surface area contributed by atoms with Crippen LogP contribution in [0.5, 0.6) is 0 Å². The van der Waals surface area contributed by atoms with Crippen LogP contribution in [-0.2, 0) is 19.5 Å². The van der Waals surface area contributed by atoms with Gasteiger partial charge in [0.1, 0.15) is 5.82 Å². The van der Waals surface area contributed by atoms with Crippen LogP contribution in [0.1, 0.15) is 65.0 Å². The Morgan fingerprint density at radius 3 is 2.59 bits per heavy atom. The van der Waals surface area contributed by atoms with Crippen LogP contribution in [0.3, 0.4) is 0 Å². The minimum Gasteiger partial charge on any atom is -0.342 e. The van der Waals surface area contributed by atoms with Gasteiger partial charge in [-0.05, 0) is 60.7 Å². The van der Waals surface area contributed by atoms with Crippen LogP contribution in [0.2, 0.25) is 0 Å². The number of carbonyl (C=O) groups is 1. The van der Waals surface area contributed by atoms with Crippen LogP contribution in [-0.4, -0.2) is 38.7 Å². The maximum atomic E-state index is 13.1. The maximum absolute atomic E-state index is 13.1. The summed E-state index contributed by atoms with van der Waals surface area (Å²) in [5.41, 5.74) is 4.26. The minimum atomic E-state index is -0.159. The summed E-state index contributed by atoms with van der Waals surface area (Å²) in [5, 5.41) is 16.7. The molecule has 2 aromatic heterocycles. The molecule has 1 aliphatic rings. The normalized spacial score (nSPS) is 15.4. The van der Waals surface area contributed by atoms with Crippen molar-refractivity contribution < 1.29 is 4.79 Å². The molecule has 1 amide bonds. The van der Waals surface area contributed by atoms with E-state index in [9.17, 15) is 4.79 Å². The van der Waals surface area contributed by atoms with E-state index in [1.165, 1.54) is 5.56 Å². The SMILES string of the molecule is Cc1cc(C)cc(C(=O)N[C@@H](CC(C)C)c2nnc3n2CCN(Cc2ccsc2)CC3)c1. The lowest BCUT2D eigenvalue weighted by atomic mass is 10.0. The van der Waals surface area contributed by atoms with E-state index in [1.807, 2.05) is 26.0 Å². The Hall–Kier alpha value is -2.51. The molecule has 7 heteroatoms. The number of fused-ring (bicyclic) bond motifs is 1. The van der Waals surface area contributed by atoms with Crippen LogP contribution in [0.25, 0.3) is 0 Å². The number of thiophene rings is 1. The van der Waals surface area contributed by atoms with Crippen molar-refractivity contribution in [2.24, 2.45) is 5.92 Å². The Bertz CT molecular complexity index is 1040. The molecule has 4 rings (SSSR count). The predicted molar refractivity (Wildman–Crippen MR) is 129 cm³/mol. The molecule has 0 radical (unpaired) electrons. The molecule has 0 fully saturated rings. The van der Waals surface area contributed by atoms with Gasteiger partial charge >= 0.3 is 0 Å². The molecule has 1 N–H and O–H groups in total. The molecule has 0 saturated carbocycles. The summed E-state index contributed by atoms with van der Waals surface area (Å²) >= 11 is 1.75. The fourth-order valence-electron chi connectivity index (χ4n) is 4.49. The molecule has 0 saturated heterocycles. The summed E-state index contributed by atoms with van der Waals surface area (Å²) in [4.78, 5) is 15.6. The molecule has 0 spiro atoms. The average Bonchev–Trinajstić information content (AvgIpc) is 3.34. The molecular formula is C25H33N5OS. The van der Waals surface area contributed by atoms with Crippen LogP contribution in [0, 0.1) is 19.8 Å². The molecular weight excluding hydrogens is 418 g/mol. The molecule has 1 aliphatic heterocycles. The van der Waals surface area contributed by atoms with E-state index in [2.05, 4.69) is 61.7 Å². The number of benzene rings is 1. The number of nitrogens with zero attached hydrogens (tertiary/aromatic N) is 4. The lowest BCUT2D eigenvalue weighted by Crippen LogP contribution is -2.32. The third-order valence-corrected chi connectivity index (χ3v) is 6.67. The molecule has 0 unspecified atom stereocenters. The van der Waals surface area contributed by atoms with Crippen molar-refractivity contribution in [2.45, 2.75) is 59.7 Å². The molecule has 3 aromatic rings. The Kier molecular flexibility index (Phi) is 7.06. The zero-order chi connectivity index (χ0) is 22.7. The van der Waals surface area contributed by atoms with Gasteiger partial charge in [0.25, 0.3) is 5.91 Å². The lowest BCUT2D eigenvalue weighted by molar-refractivity contribution is 0.0928. The van der Waals surface area contributed by atoms with Gasteiger partial charge in [0.15, 0.2) is 5.82 Å². The summed E-state index contributed by atoms with van der Waals surface area (Å²) in [6, 6.07) is 8.02. The zero-order valence-electron chi connectivity index (χ0n) is 19.5. The van der Waals surface area contributed by atoms with Crippen molar-refractivity contribution in [3.8, 4) is 0 Å². The largest absolute Gasteiger partial charge is 0.342 e. The summed E-state index contributed by atoms with van der Waals surface area (Å²) in [5.74, 6) is 2.27. The van der Waals surface area contributed by atoms with Crippen molar-refractivity contribution in [3.63, 3.8) is 0 Å². The summed E-state index contributed by atoms with van der Waals surface area (Å²) in [6.07, 6.45) is 1.70. The van der Waals surface area contributed by atoms with E-state index < -0.39 is 0 Å². The average molecular weight is 452 g/mol. The van der Waals surface area contributed by atoms with Crippen LogP contribution in [0.15, 0.2) is 35.0 Å². The summed E-state index contributed by atoms with van der Waals surface area (Å²) in [6.45, 7) is 12.1. The lowest BCUT2D eigenvalue weighted by Gasteiger charge is -2.22. The number of rotatable bonds is 7. The zero-order valence-corrected chi connectivity index (χ0v) is 20.3. The fraction of sp³-hybridized carbons (Fsp3) is 0.480. The topological polar surface area (TPSA) is 63.1 Å². The van der Waals surface area contributed by atoms with E-state index in [0.717, 1.165) is 61.8 Å². The fourth-order valence-corrected chi connectivity index (χ4v) is 5.15. The molecule has 1 aromatic carbocycles. The van der Waals surface area contributed by atoms with Gasteiger partial charge < -0.3 is 9.88 Å². The first-order chi connectivity index (χ1) is 15.4. The second-order valence-electron chi connectivity index (χ2n) is 9.32. The molecule has 170 valence electrons. The van der Waals surface area contributed by atoms with Gasteiger partial charge in [-0.3, -0.25) is 9.69 Å². The number of nitrogens with one attached hydrogen (secondary N) is 1. The first-order valence-corrected chi connectivity index (χ1v) is 12.4. The minimum absolute atomic E-state index is 0.0486.